The number of hydrogen-bond acceptors (Lipinski definition) is 6. The Hall–Kier alpha value is -2.05. The lowest BCUT2D eigenvalue weighted by Gasteiger charge is -2.09. The van der Waals surface area contributed by atoms with Gasteiger partial charge in [-0.15, -0.1) is 0 Å². The molecule has 1 amide bonds. The van der Waals surface area contributed by atoms with Crippen LogP contribution in [0.25, 0.3) is 0 Å². The number of carbonyl (C=O) groups is 1. The summed E-state index contributed by atoms with van der Waals surface area (Å²) in [5, 5.41) is 9.21. The summed E-state index contributed by atoms with van der Waals surface area (Å²) in [6.07, 6.45) is 3.54. The summed E-state index contributed by atoms with van der Waals surface area (Å²) in [7, 11) is 0. The molecule has 0 bridgehead atoms. The smallest absolute Gasteiger partial charge is 0.223 e. The molecule has 0 unspecified atom stereocenters. The van der Waals surface area contributed by atoms with E-state index in [1.54, 1.807) is 0 Å². The quantitative estimate of drug-likeness (QED) is 0.528. The molecule has 1 heterocycles. The van der Waals surface area contributed by atoms with E-state index in [0.717, 1.165) is 25.8 Å². The molecule has 0 atom stereocenters. The Labute approximate surface area is 118 Å². The first-order chi connectivity index (χ1) is 9.67. The van der Waals surface area contributed by atoms with E-state index in [9.17, 15) is 4.79 Å². The molecule has 0 aromatic carbocycles. The second kappa shape index (κ2) is 6.93. The molecule has 1 aromatic rings. The van der Waals surface area contributed by atoms with Gasteiger partial charge in [0.2, 0.25) is 11.9 Å². The van der Waals surface area contributed by atoms with Crippen molar-refractivity contribution in [3.63, 3.8) is 0 Å². The van der Waals surface area contributed by atoms with Crippen molar-refractivity contribution in [2.75, 3.05) is 29.5 Å². The van der Waals surface area contributed by atoms with E-state index in [0.29, 0.717) is 30.6 Å². The summed E-state index contributed by atoms with van der Waals surface area (Å²) in [5.41, 5.74) is 5.64. The maximum Gasteiger partial charge on any atom is 0.223 e. The van der Waals surface area contributed by atoms with E-state index in [1.807, 2.05) is 13.0 Å². The van der Waals surface area contributed by atoms with Gasteiger partial charge in [-0.05, 0) is 26.2 Å². The molecule has 20 heavy (non-hydrogen) atoms. The minimum absolute atomic E-state index is 0.129. The van der Waals surface area contributed by atoms with Crippen molar-refractivity contribution in [1.82, 2.24) is 15.3 Å². The van der Waals surface area contributed by atoms with Crippen LogP contribution in [0.3, 0.4) is 0 Å². The molecule has 1 aromatic heterocycles. The molecule has 0 saturated heterocycles. The predicted octanol–water partition coefficient (Wildman–Crippen LogP) is 0.961. The van der Waals surface area contributed by atoms with E-state index in [4.69, 9.17) is 5.73 Å². The van der Waals surface area contributed by atoms with Gasteiger partial charge in [0, 0.05) is 31.6 Å². The minimum Gasteiger partial charge on any atom is -0.370 e. The van der Waals surface area contributed by atoms with Crippen molar-refractivity contribution in [2.45, 2.75) is 38.6 Å². The van der Waals surface area contributed by atoms with E-state index in [2.05, 4.69) is 25.9 Å². The molecular weight excluding hydrogens is 256 g/mol. The van der Waals surface area contributed by atoms with Crippen LogP contribution in [0.2, 0.25) is 0 Å². The average Bonchev–Trinajstić information content (AvgIpc) is 3.18. The summed E-state index contributed by atoms with van der Waals surface area (Å²) in [6, 6.07) is 2.24. The second-order valence-electron chi connectivity index (χ2n) is 4.90. The number of nitrogen functional groups attached to an aromatic ring is 1. The minimum atomic E-state index is 0.129. The van der Waals surface area contributed by atoms with Gasteiger partial charge in [-0.2, -0.15) is 9.97 Å². The van der Waals surface area contributed by atoms with Crippen molar-refractivity contribution in [3.8, 4) is 0 Å². The third kappa shape index (κ3) is 4.91. The van der Waals surface area contributed by atoms with Crippen LogP contribution in [0.5, 0.6) is 0 Å². The van der Waals surface area contributed by atoms with Crippen LogP contribution in [-0.2, 0) is 4.79 Å². The zero-order valence-corrected chi connectivity index (χ0v) is 11.8. The van der Waals surface area contributed by atoms with E-state index >= 15 is 0 Å². The van der Waals surface area contributed by atoms with Gasteiger partial charge in [0.05, 0.1) is 0 Å². The van der Waals surface area contributed by atoms with Crippen molar-refractivity contribution >= 4 is 23.5 Å². The Balaban J connectivity index is 1.71. The summed E-state index contributed by atoms with van der Waals surface area (Å²) in [6.45, 7) is 3.45. The standard InChI is InChI=1S/C13H22N6O/c1-2-15-10-8-11(19-13(14)18-10)16-7-3-4-12(20)17-9-5-6-9/h8-9H,2-7H2,1H3,(H,17,20)(H4,14,15,16,18,19). The molecule has 7 nitrogen and oxygen atoms in total. The lowest BCUT2D eigenvalue weighted by atomic mass is 10.3. The first-order valence-electron chi connectivity index (χ1n) is 7.09. The van der Waals surface area contributed by atoms with Crippen LogP contribution in [0.1, 0.15) is 32.6 Å². The third-order valence-electron chi connectivity index (χ3n) is 2.93. The molecule has 1 aliphatic carbocycles. The summed E-state index contributed by atoms with van der Waals surface area (Å²) >= 11 is 0. The first-order valence-corrected chi connectivity index (χ1v) is 7.09. The SMILES string of the molecule is CCNc1cc(NCCCC(=O)NC2CC2)nc(N)n1. The van der Waals surface area contributed by atoms with Crippen LogP contribution >= 0.6 is 0 Å². The van der Waals surface area contributed by atoms with Gasteiger partial charge in [0.1, 0.15) is 11.6 Å². The molecule has 0 aliphatic heterocycles. The summed E-state index contributed by atoms with van der Waals surface area (Å²) in [5.74, 6) is 1.74. The topological polar surface area (TPSA) is 105 Å². The fourth-order valence-electron chi connectivity index (χ4n) is 1.82. The van der Waals surface area contributed by atoms with Gasteiger partial charge in [-0.1, -0.05) is 0 Å². The van der Waals surface area contributed by atoms with Crippen LogP contribution in [0.4, 0.5) is 17.6 Å². The average molecular weight is 278 g/mol. The second-order valence-corrected chi connectivity index (χ2v) is 4.90. The number of nitrogens with zero attached hydrogens (tertiary/aromatic N) is 2. The molecule has 0 radical (unpaired) electrons. The predicted molar refractivity (Wildman–Crippen MR) is 79.5 cm³/mol. The maximum atomic E-state index is 11.5. The van der Waals surface area contributed by atoms with Crippen molar-refractivity contribution < 1.29 is 4.79 Å². The van der Waals surface area contributed by atoms with Crippen LogP contribution in [0.15, 0.2) is 6.07 Å². The zero-order valence-electron chi connectivity index (χ0n) is 11.8. The van der Waals surface area contributed by atoms with Gasteiger partial charge in [0.25, 0.3) is 0 Å². The highest BCUT2D eigenvalue weighted by atomic mass is 16.1. The molecular formula is C13H22N6O. The van der Waals surface area contributed by atoms with Crippen molar-refractivity contribution in [3.05, 3.63) is 6.07 Å². The Kier molecular flexibility index (Phi) is 4.97. The molecule has 5 N–H and O–H groups in total. The highest BCUT2D eigenvalue weighted by molar-refractivity contribution is 5.76. The number of amides is 1. The Morgan fingerprint density at radius 2 is 2.05 bits per heavy atom. The largest absolute Gasteiger partial charge is 0.370 e. The highest BCUT2D eigenvalue weighted by Gasteiger charge is 2.22. The van der Waals surface area contributed by atoms with Crippen molar-refractivity contribution in [2.24, 2.45) is 0 Å². The number of aromatic nitrogens is 2. The summed E-state index contributed by atoms with van der Waals surface area (Å²) in [4.78, 5) is 19.7. The monoisotopic (exact) mass is 278 g/mol. The maximum absolute atomic E-state index is 11.5. The highest BCUT2D eigenvalue weighted by Crippen LogP contribution is 2.18. The van der Waals surface area contributed by atoms with Crippen molar-refractivity contribution in [1.29, 1.82) is 0 Å². The Morgan fingerprint density at radius 3 is 2.70 bits per heavy atom. The Bertz CT molecular complexity index is 460. The fourth-order valence-corrected chi connectivity index (χ4v) is 1.82. The molecule has 110 valence electrons. The molecule has 7 heteroatoms. The number of nitrogens with one attached hydrogen (secondary N) is 3. The molecule has 0 spiro atoms. The van der Waals surface area contributed by atoms with E-state index in [1.165, 1.54) is 0 Å². The summed E-state index contributed by atoms with van der Waals surface area (Å²) < 4.78 is 0. The van der Waals surface area contributed by atoms with Gasteiger partial charge in [0.15, 0.2) is 0 Å². The fraction of sp³-hybridized carbons (Fsp3) is 0.615. The van der Waals surface area contributed by atoms with Gasteiger partial charge >= 0.3 is 0 Å². The third-order valence-corrected chi connectivity index (χ3v) is 2.93. The lowest BCUT2D eigenvalue weighted by molar-refractivity contribution is -0.121. The van der Waals surface area contributed by atoms with Gasteiger partial charge < -0.3 is 21.7 Å². The first kappa shape index (κ1) is 14.4. The van der Waals surface area contributed by atoms with Crippen LogP contribution in [-0.4, -0.2) is 35.0 Å². The Morgan fingerprint density at radius 1 is 1.35 bits per heavy atom. The van der Waals surface area contributed by atoms with Gasteiger partial charge in [-0.3, -0.25) is 4.79 Å². The molecule has 1 saturated carbocycles. The van der Waals surface area contributed by atoms with Gasteiger partial charge in [-0.25, -0.2) is 0 Å². The lowest BCUT2D eigenvalue weighted by Crippen LogP contribution is -2.25. The molecule has 2 rings (SSSR count). The van der Waals surface area contributed by atoms with E-state index in [-0.39, 0.29) is 11.9 Å². The zero-order chi connectivity index (χ0) is 14.4. The molecule has 1 aliphatic rings. The number of nitrogens with two attached hydrogens (primary N) is 1. The molecule has 1 fully saturated rings. The van der Waals surface area contributed by atoms with E-state index < -0.39 is 0 Å². The number of anilines is 3. The number of hydrogen-bond donors (Lipinski definition) is 4. The van der Waals surface area contributed by atoms with Crippen LogP contribution < -0.4 is 21.7 Å². The number of rotatable bonds is 8. The normalized spacial score (nSPS) is 13.8. The van der Waals surface area contributed by atoms with Crippen LogP contribution in [0, 0.1) is 0 Å². The number of carbonyl (C=O) groups excluding carboxylic acids is 1.